The van der Waals surface area contributed by atoms with E-state index in [2.05, 4.69) is 16.3 Å². The molecule has 3 saturated heterocycles. The van der Waals surface area contributed by atoms with E-state index >= 15 is 0 Å². The molecule has 1 N–H and O–H groups in total. The van der Waals surface area contributed by atoms with Gasteiger partial charge in [-0.3, -0.25) is 4.79 Å². The fourth-order valence-corrected chi connectivity index (χ4v) is 3.59. The van der Waals surface area contributed by atoms with Gasteiger partial charge in [0.1, 0.15) is 10.9 Å². The van der Waals surface area contributed by atoms with E-state index in [1.165, 1.54) is 37.3 Å². The average molecular weight is 261 g/mol. The maximum atomic E-state index is 12.1. The molecule has 0 radical (unpaired) electrons. The first-order chi connectivity index (χ1) is 8.76. The van der Waals surface area contributed by atoms with Gasteiger partial charge < -0.3 is 10.2 Å². The fourth-order valence-electron chi connectivity index (χ4n) is 2.89. The van der Waals surface area contributed by atoms with E-state index in [0.717, 1.165) is 6.54 Å². The Kier molecular flexibility index (Phi) is 3.06. The van der Waals surface area contributed by atoms with Crippen LogP contribution in [0.3, 0.4) is 0 Å². The summed E-state index contributed by atoms with van der Waals surface area (Å²) in [5, 5.41) is 11.9. The van der Waals surface area contributed by atoms with Crippen LogP contribution in [0.5, 0.6) is 0 Å². The minimum absolute atomic E-state index is 0.0275. The van der Waals surface area contributed by atoms with Crippen LogP contribution in [0.15, 0.2) is 12.1 Å². The van der Waals surface area contributed by atoms with Crippen molar-refractivity contribution in [1.29, 1.82) is 5.26 Å². The second-order valence-electron chi connectivity index (χ2n) is 4.99. The van der Waals surface area contributed by atoms with Crippen molar-refractivity contribution >= 4 is 17.2 Å². The number of nitriles is 1. The van der Waals surface area contributed by atoms with Crippen LogP contribution in [0.4, 0.5) is 0 Å². The van der Waals surface area contributed by atoms with Gasteiger partial charge in [0.25, 0.3) is 5.91 Å². The van der Waals surface area contributed by atoms with Crippen molar-refractivity contribution < 1.29 is 4.79 Å². The van der Waals surface area contributed by atoms with E-state index in [1.807, 2.05) is 0 Å². The van der Waals surface area contributed by atoms with Gasteiger partial charge in [0.2, 0.25) is 0 Å². The van der Waals surface area contributed by atoms with Gasteiger partial charge in [0.15, 0.2) is 0 Å². The highest BCUT2D eigenvalue weighted by Crippen LogP contribution is 2.28. The van der Waals surface area contributed by atoms with Gasteiger partial charge >= 0.3 is 0 Å². The Balaban J connectivity index is 1.66. The van der Waals surface area contributed by atoms with Gasteiger partial charge in [-0.15, -0.1) is 11.3 Å². The molecule has 1 aromatic heterocycles. The summed E-state index contributed by atoms with van der Waals surface area (Å²) in [7, 11) is 0. The van der Waals surface area contributed by atoms with Crippen LogP contribution in [0.25, 0.3) is 0 Å². The van der Waals surface area contributed by atoms with Crippen LogP contribution in [-0.2, 0) is 0 Å². The van der Waals surface area contributed by atoms with Crippen LogP contribution < -0.4 is 5.32 Å². The third-order valence-corrected chi connectivity index (χ3v) is 4.90. The topological polar surface area (TPSA) is 56.1 Å². The largest absolute Gasteiger partial charge is 0.347 e. The van der Waals surface area contributed by atoms with E-state index < -0.39 is 0 Å². The Bertz CT molecular complexity index is 497. The van der Waals surface area contributed by atoms with E-state index in [-0.39, 0.29) is 11.9 Å². The molecule has 1 atom stereocenters. The smallest absolute Gasteiger partial charge is 0.261 e. The zero-order valence-corrected chi connectivity index (χ0v) is 10.9. The molecule has 4 nitrogen and oxygen atoms in total. The zero-order valence-electron chi connectivity index (χ0n) is 10.1. The normalized spacial score (nSPS) is 29.8. The van der Waals surface area contributed by atoms with Crippen molar-refractivity contribution in [1.82, 2.24) is 10.2 Å². The van der Waals surface area contributed by atoms with Crippen molar-refractivity contribution in [2.45, 2.75) is 18.9 Å². The highest BCUT2D eigenvalue weighted by atomic mass is 32.1. The molecule has 18 heavy (non-hydrogen) atoms. The van der Waals surface area contributed by atoms with Crippen LogP contribution in [-0.4, -0.2) is 36.5 Å². The lowest BCUT2D eigenvalue weighted by Crippen LogP contribution is -2.57. The first kappa shape index (κ1) is 11.7. The number of nitrogens with one attached hydrogen (secondary N) is 1. The minimum atomic E-state index is -0.0275. The highest BCUT2D eigenvalue weighted by Gasteiger charge is 2.35. The Morgan fingerprint density at radius 3 is 2.78 bits per heavy atom. The number of nitrogens with zero attached hydrogens (tertiary/aromatic N) is 2. The number of carbonyl (C=O) groups excluding carboxylic acids is 1. The SMILES string of the molecule is N#Cc1ccc(C(=O)N[C@H]2CN3CCC2CC3)s1. The summed E-state index contributed by atoms with van der Waals surface area (Å²) in [5.41, 5.74) is 0. The lowest BCUT2D eigenvalue weighted by Gasteiger charge is -2.44. The second kappa shape index (κ2) is 4.71. The number of carbonyl (C=O) groups is 1. The predicted molar refractivity (Wildman–Crippen MR) is 69.5 cm³/mol. The third kappa shape index (κ3) is 2.14. The zero-order chi connectivity index (χ0) is 12.5. The molecule has 3 fully saturated rings. The summed E-state index contributed by atoms with van der Waals surface area (Å²) in [4.78, 5) is 15.7. The predicted octanol–water partition coefficient (Wildman–Crippen LogP) is 1.44. The van der Waals surface area contributed by atoms with Crippen LogP contribution in [0, 0.1) is 17.2 Å². The highest BCUT2D eigenvalue weighted by molar-refractivity contribution is 7.14. The molecule has 0 saturated carbocycles. The fraction of sp³-hybridized carbons (Fsp3) is 0.538. The van der Waals surface area contributed by atoms with E-state index in [4.69, 9.17) is 5.26 Å². The molecule has 0 unspecified atom stereocenters. The lowest BCUT2D eigenvalue weighted by molar-refractivity contribution is 0.0622. The van der Waals surface area contributed by atoms with Crippen molar-refractivity contribution in [3.63, 3.8) is 0 Å². The average Bonchev–Trinajstić information content (AvgIpc) is 2.89. The van der Waals surface area contributed by atoms with Crippen LogP contribution >= 0.6 is 11.3 Å². The molecule has 94 valence electrons. The molecule has 5 heteroatoms. The van der Waals surface area contributed by atoms with E-state index in [0.29, 0.717) is 15.7 Å². The molecule has 3 aliphatic heterocycles. The first-order valence-electron chi connectivity index (χ1n) is 6.29. The summed E-state index contributed by atoms with van der Waals surface area (Å²) >= 11 is 1.26. The lowest BCUT2D eigenvalue weighted by atomic mass is 9.84. The molecule has 0 aliphatic carbocycles. The Hall–Kier alpha value is -1.38. The molecule has 3 aliphatic rings. The Labute approximate surface area is 110 Å². The number of thiophene rings is 1. The Morgan fingerprint density at radius 1 is 1.44 bits per heavy atom. The first-order valence-corrected chi connectivity index (χ1v) is 7.11. The maximum absolute atomic E-state index is 12.1. The summed E-state index contributed by atoms with van der Waals surface area (Å²) < 4.78 is 0. The van der Waals surface area contributed by atoms with Crippen LogP contribution in [0.2, 0.25) is 0 Å². The van der Waals surface area contributed by atoms with Gasteiger partial charge in [0.05, 0.1) is 4.88 Å². The monoisotopic (exact) mass is 261 g/mol. The van der Waals surface area contributed by atoms with E-state index in [1.54, 1.807) is 12.1 Å². The quantitative estimate of drug-likeness (QED) is 0.876. The number of piperidine rings is 3. The summed E-state index contributed by atoms with van der Waals surface area (Å²) in [5.74, 6) is 0.606. The maximum Gasteiger partial charge on any atom is 0.261 e. The molecule has 4 heterocycles. The number of amides is 1. The summed E-state index contributed by atoms with van der Waals surface area (Å²) in [6.45, 7) is 3.33. The molecule has 4 rings (SSSR count). The van der Waals surface area contributed by atoms with Crippen molar-refractivity contribution in [2.75, 3.05) is 19.6 Å². The van der Waals surface area contributed by atoms with Gasteiger partial charge in [-0.2, -0.15) is 5.26 Å². The third-order valence-electron chi connectivity index (χ3n) is 3.91. The van der Waals surface area contributed by atoms with Crippen LogP contribution in [0.1, 0.15) is 27.4 Å². The molecule has 0 spiro atoms. The van der Waals surface area contributed by atoms with Gasteiger partial charge in [-0.25, -0.2) is 0 Å². The van der Waals surface area contributed by atoms with Crippen molar-refractivity contribution in [3.8, 4) is 6.07 Å². The summed E-state index contributed by atoms with van der Waals surface area (Å²) in [6.07, 6.45) is 2.39. The number of hydrogen-bond donors (Lipinski definition) is 1. The number of fused-ring (bicyclic) bond motifs is 3. The standard InChI is InChI=1S/C13H15N3OS/c14-7-10-1-2-12(18-10)13(17)15-11-8-16-5-3-9(11)4-6-16/h1-2,9,11H,3-6,8H2,(H,15,17)/t11-/m0/s1. The number of rotatable bonds is 2. The molecular formula is C13H15N3OS. The molecule has 2 bridgehead atoms. The van der Waals surface area contributed by atoms with Crippen molar-refractivity contribution in [2.24, 2.45) is 5.92 Å². The number of hydrogen-bond acceptors (Lipinski definition) is 4. The van der Waals surface area contributed by atoms with Gasteiger partial charge in [-0.1, -0.05) is 0 Å². The molecule has 1 amide bonds. The van der Waals surface area contributed by atoms with Gasteiger partial charge in [-0.05, 0) is 44.0 Å². The minimum Gasteiger partial charge on any atom is -0.347 e. The molecule has 0 aromatic carbocycles. The van der Waals surface area contributed by atoms with Gasteiger partial charge in [0, 0.05) is 12.6 Å². The summed E-state index contributed by atoms with van der Waals surface area (Å²) in [6, 6.07) is 5.79. The van der Waals surface area contributed by atoms with Crippen molar-refractivity contribution in [3.05, 3.63) is 21.9 Å². The second-order valence-corrected chi connectivity index (χ2v) is 6.08. The molecular weight excluding hydrogens is 246 g/mol. The Morgan fingerprint density at radius 2 is 2.22 bits per heavy atom. The molecule has 1 aromatic rings. The van der Waals surface area contributed by atoms with E-state index in [9.17, 15) is 4.79 Å².